The molecule has 0 atom stereocenters. The van der Waals surface area contributed by atoms with Crippen LogP contribution in [0.15, 0.2) is 29.8 Å². The highest BCUT2D eigenvalue weighted by Crippen LogP contribution is 2.32. The maximum Gasteiger partial charge on any atom is 0.248 e. The summed E-state index contributed by atoms with van der Waals surface area (Å²) in [7, 11) is 0. The maximum absolute atomic E-state index is 11.9. The van der Waals surface area contributed by atoms with Crippen molar-refractivity contribution in [2.75, 3.05) is 18.5 Å². The first kappa shape index (κ1) is 13.0. The molecule has 1 amide bonds. The van der Waals surface area contributed by atoms with Gasteiger partial charge in [-0.2, -0.15) is 0 Å². The van der Waals surface area contributed by atoms with Crippen LogP contribution in [0.3, 0.4) is 0 Å². The van der Waals surface area contributed by atoms with Gasteiger partial charge < -0.3 is 14.8 Å². The van der Waals surface area contributed by atoms with Crippen molar-refractivity contribution < 1.29 is 14.3 Å². The second-order valence-corrected chi connectivity index (χ2v) is 5.21. The zero-order chi connectivity index (χ0) is 13.8. The van der Waals surface area contributed by atoms with Gasteiger partial charge in [0.25, 0.3) is 0 Å². The highest BCUT2D eigenvalue weighted by molar-refractivity contribution is 6.00. The first-order valence-electron chi connectivity index (χ1n) is 7.21. The van der Waals surface area contributed by atoms with Crippen LogP contribution in [0.2, 0.25) is 0 Å². The average molecular weight is 273 g/mol. The molecule has 1 aliphatic heterocycles. The zero-order valence-electron chi connectivity index (χ0n) is 11.5. The predicted octanol–water partition coefficient (Wildman–Crippen LogP) is 3.29. The highest BCUT2D eigenvalue weighted by atomic mass is 16.5. The number of nitrogens with one attached hydrogen (secondary N) is 1. The van der Waals surface area contributed by atoms with E-state index < -0.39 is 0 Å². The Hall–Kier alpha value is -1.97. The van der Waals surface area contributed by atoms with Crippen LogP contribution in [0.4, 0.5) is 5.69 Å². The number of fused-ring (bicyclic) bond motifs is 1. The lowest BCUT2D eigenvalue weighted by atomic mass is 10.2. The number of ether oxygens (including phenoxy) is 2. The lowest BCUT2D eigenvalue weighted by molar-refractivity contribution is -0.112. The van der Waals surface area contributed by atoms with E-state index in [0.29, 0.717) is 19.0 Å². The molecule has 0 saturated heterocycles. The van der Waals surface area contributed by atoms with E-state index >= 15 is 0 Å². The topological polar surface area (TPSA) is 47.6 Å². The van der Waals surface area contributed by atoms with Gasteiger partial charge in [0.1, 0.15) is 0 Å². The molecule has 1 heterocycles. The van der Waals surface area contributed by atoms with E-state index in [4.69, 9.17) is 9.47 Å². The number of hydrogen-bond acceptors (Lipinski definition) is 3. The van der Waals surface area contributed by atoms with E-state index in [1.807, 2.05) is 18.2 Å². The van der Waals surface area contributed by atoms with E-state index in [-0.39, 0.29) is 5.91 Å². The molecule has 0 radical (unpaired) electrons. The Kier molecular flexibility index (Phi) is 3.90. The Morgan fingerprint density at radius 2 is 1.80 bits per heavy atom. The Balaban J connectivity index is 1.69. The third-order valence-corrected chi connectivity index (χ3v) is 3.60. The van der Waals surface area contributed by atoms with Gasteiger partial charge in [0.2, 0.25) is 5.91 Å². The molecule has 1 aromatic rings. The third-order valence-electron chi connectivity index (χ3n) is 3.60. The summed E-state index contributed by atoms with van der Waals surface area (Å²) in [6.07, 6.45) is 7.11. The molecule has 1 fully saturated rings. The lowest BCUT2D eigenvalue weighted by Crippen LogP contribution is -2.09. The molecule has 20 heavy (non-hydrogen) atoms. The largest absolute Gasteiger partial charge is 0.490 e. The maximum atomic E-state index is 11.9. The quantitative estimate of drug-likeness (QED) is 0.841. The van der Waals surface area contributed by atoms with Crippen LogP contribution in [-0.2, 0) is 4.79 Å². The normalized spacial score (nSPS) is 17.5. The smallest absolute Gasteiger partial charge is 0.248 e. The molecule has 1 aromatic carbocycles. The van der Waals surface area contributed by atoms with E-state index in [9.17, 15) is 4.79 Å². The van der Waals surface area contributed by atoms with Crippen LogP contribution in [0.25, 0.3) is 0 Å². The van der Waals surface area contributed by atoms with Gasteiger partial charge in [-0.05, 0) is 37.8 Å². The molecule has 0 bridgehead atoms. The Morgan fingerprint density at radius 1 is 1.05 bits per heavy atom. The molecule has 4 heteroatoms. The summed E-state index contributed by atoms with van der Waals surface area (Å²) >= 11 is 0. The zero-order valence-corrected chi connectivity index (χ0v) is 11.5. The number of carbonyl (C=O) groups is 1. The number of carbonyl (C=O) groups excluding carboxylic acids is 1. The fraction of sp³-hybridized carbons (Fsp3) is 0.438. The van der Waals surface area contributed by atoms with Crippen molar-refractivity contribution in [2.24, 2.45) is 0 Å². The van der Waals surface area contributed by atoms with Gasteiger partial charge in [0, 0.05) is 24.3 Å². The van der Waals surface area contributed by atoms with Crippen molar-refractivity contribution in [3.63, 3.8) is 0 Å². The van der Waals surface area contributed by atoms with Crippen LogP contribution >= 0.6 is 0 Å². The lowest BCUT2D eigenvalue weighted by Gasteiger charge is -2.09. The van der Waals surface area contributed by atoms with E-state index in [1.165, 1.54) is 18.4 Å². The summed E-state index contributed by atoms with van der Waals surface area (Å²) in [6, 6.07) is 5.52. The van der Waals surface area contributed by atoms with Crippen molar-refractivity contribution in [2.45, 2.75) is 32.1 Å². The molecule has 0 aromatic heterocycles. The molecule has 4 nitrogen and oxygen atoms in total. The summed E-state index contributed by atoms with van der Waals surface area (Å²) in [4.78, 5) is 11.9. The summed E-state index contributed by atoms with van der Waals surface area (Å²) in [6.45, 7) is 1.32. The van der Waals surface area contributed by atoms with Crippen molar-refractivity contribution >= 4 is 11.6 Å². The molecule has 3 rings (SSSR count). The fourth-order valence-electron chi connectivity index (χ4n) is 2.58. The molecule has 106 valence electrons. The fourth-order valence-corrected chi connectivity index (χ4v) is 2.58. The Labute approximate surface area is 118 Å². The van der Waals surface area contributed by atoms with Crippen molar-refractivity contribution in [1.82, 2.24) is 0 Å². The van der Waals surface area contributed by atoms with E-state index in [0.717, 1.165) is 30.7 Å². The van der Waals surface area contributed by atoms with Gasteiger partial charge in [-0.25, -0.2) is 0 Å². The number of hydrogen-bond donors (Lipinski definition) is 1. The standard InChI is InChI=1S/C16H19NO3/c18-16(10-12-4-1-2-5-12)17-13-6-7-14-15(11-13)20-9-3-8-19-14/h6-7,10-11H,1-5,8-9H2,(H,17,18). The molecule has 2 aliphatic rings. The van der Waals surface area contributed by atoms with Crippen molar-refractivity contribution in [1.29, 1.82) is 0 Å². The second kappa shape index (κ2) is 5.99. The first-order chi connectivity index (χ1) is 9.81. The first-order valence-corrected chi connectivity index (χ1v) is 7.21. The predicted molar refractivity (Wildman–Crippen MR) is 77.2 cm³/mol. The number of amides is 1. The van der Waals surface area contributed by atoms with Crippen molar-refractivity contribution in [3.05, 3.63) is 29.8 Å². The summed E-state index contributed by atoms with van der Waals surface area (Å²) in [5, 5.41) is 2.89. The molecule has 0 spiro atoms. The summed E-state index contributed by atoms with van der Waals surface area (Å²) in [5.74, 6) is 1.39. The molecular weight excluding hydrogens is 254 g/mol. The van der Waals surface area contributed by atoms with Crippen molar-refractivity contribution in [3.8, 4) is 11.5 Å². The van der Waals surface area contributed by atoms with Gasteiger partial charge in [-0.15, -0.1) is 0 Å². The average Bonchev–Trinajstić information content (AvgIpc) is 2.82. The van der Waals surface area contributed by atoms with Gasteiger partial charge in [-0.1, -0.05) is 5.57 Å². The van der Waals surface area contributed by atoms with E-state index in [2.05, 4.69) is 5.32 Å². The third kappa shape index (κ3) is 3.13. The van der Waals surface area contributed by atoms with Crippen LogP contribution in [0, 0.1) is 0 Å². The van der Waals surface area contributed by atoms with Gasteiger partial charge in [0.15, 0.2) is 11.5 Å². The van der Waals surface area contributed by atoms with Crippen LogP contribution in [0.1, 0.15) is 32.1 Å². The molecule has 1 saturated carbocycles. The minimum atomic E-state index is -0.0589. The minimum Gasteiger partial charge on any atom is -0.490 e. The number of anilines is 1. The second-order valence-electron chi connectivity index (χ2n) is 5.21. The minimum absolute atomic E-state index is 0.0589. The summed E-state index contributed by atoms with van der Waals surface area (Å²) < 4.78 is 11.2. The van der Waals surface area contributed by atoms with Crippen LogP contribution in [-0.4, -0.2) is 19.1 Å². The highest BCUT2D eigenvalue weighted by Gasteiger charge is 2.12. The van der Waals surface area contributed by atoms with E-state index in [1.54, 1.807) is 6.08 Å². The number of allylic oxidation sites excluding steroid dienone is 1. The van der Waals surface area contributed by atoms with Gasteiger partial charge in [-0.3, -0.25) is 4.79 Å². The molecule has 1 N–H and O–H groups in total. The molecule has 1 aliphatic carbocycles. The van der Waals surface area contributed by atoms with Crippen LogP contribution in [0.5, 0.6) is 11.5 Å². The summed E-state index contributed by atoms with van der Waals surface area (Å²) in [5.41, 5.74) is 1.99. The molecular formula is C16H19NO3. The Morgan fingerprint density at radius 3 is 2.60 bits per heavy atom. The van der Waals surface area contributed by atoms with Gasteiger partial charge in [0.05, 0.1) is 13.2 Å². The van der Waals surface area contributed by atoms with Gasteiger partial charge >= 0.3 is 0 Å². The SMILES string of the molecule is O=C(C=C1CCCC1)Nc1ccc2c(c1)OCCCO2. The monoisotopic (exact) mass is 273 g/mol. The Bertz CT molecular complexity index is 529. The van der Waals surface area contributed by atoms with Crippen LogP contribution < -0.4 is 14.8 Å². The number of rotatable bonds is 2. The molecule has 0 unspecified atom stereocenters. The number of benzene rings is 1.